The third-order valence-electron chi connectivity index (χ3n) is 5.11. The molecular weight excluding hydrogens is 366 g/mol. The van der Waals surface area contributed by atoms with Crippen LogP contribution in [0.1, 0.15) is 44.3 Å². The number of hydrogen-bond donors (Lipinski definition) is 2. The molecule has 26 heavy (non-hydrogen) atoms. The quantitative estimate of drug-likeness (QED) is 0.661. The van der Waals surface area contributed by atoms with E-state index in [0.717, 1.165) is 28.3 Å². The van der Waals surface area contributed by atoms with Crippen LogP contribution in [-0.4, -0.2) is 16.0 Å². The van der Waals surface area contributed by atoms with Crippen molar-refractivity contribution in [1.29, 1.82) is 0 Å². The predicted molar refractivity (Wildman–Crippen MR) is 108 cm³/mol. The zero-order valence-electron chi connectivity index (χ0n) is 14.6. The molecule has 4 nitrogen and oxygen atoms in total. The highest BCUT2D eigenvalue weighted by Gasteiger charge is 2.16. The van der Waals surface area contributed by atoms with Crippen LogP contribution in [0.2, 0.25) is 5.02 Å². The number of hydrogen-bond acceptors (Lipinski definition) is 3. The summed E-state index contributed by atoms with van der Waals surface area (Å²) in [6.07, 6.45) is 7.89. The maximum absolute atomic E-state index is 12.5. The molecule has 0 amide bonds. The molecule has 0 radical (unpaired) electrons. The maximum Gasteiger partial charge on any atom is 0.269 e. The van der Waals surface area contributed by atoms with Crippen LogP contribution in [0.5, 0.6) is 0 Å². The Morgan fingerprint density at radius 3 is 2.62 bits per heavy atom. The fourth-order valence-corrected chi connectivity index (χ4v) is 4.79. The van der Waals surface area contributed by atoms with Crippen LogP contribution >= 0.6 is 22.9 Å². The van der Waals surface area contributed by atoms with Crippen molar-refractivity contribution in [2.75, 3.05) is 0 Å². The second-order valence-corrected chi connectivity index (χ2v) is 8.52. The first-order valence-electron chi connectivity index (χ1n) is 9.31. The second-order valence-electron chi connectivity index (χ2n) is 7.04. The van der Waals surface area contributed by atoms with Crippen molar-refractivity contribution < 1.29 is 5.32 Å². The van der Waals surface area contributed by atoms with Crippen LogP contribution in [-0.2, 0) is 6.54 Å². The van der Waals surface area contributed by atoms with Gasteiger partial charge in [-0.05, 0) is 49.4 Å². The number of rotatable bonds is 4. The van der Waals surface area contributed by atoms with Gasteiger partial charge in [0, 0.05) is 9.90 Å². The fraction of sp³-hybridized carbons (Fsp3) is 0.400. The molecule has 0 atom stereocenters. The van der Waals surface area contributed by atoms with Crippen molar-refractivity contribution >= 4 is 33.2 Å². The molecule has 6 heteroatoms. The lowest BCUT2D eigenvalue weighted by atomic mass is 10.1. The molecule has 0 spiro atoms. The first kappa shape index (κ1) is 17.7. The zero-order chi connectivity index (χ0) is 17.9. The zero-order valence-corrected chi connectivity index (χ0v) is 16.2. The van der Waals surface area contributed by atoms with E-state index in [1.165, 1.54) is 49.9 Å². The Bertz CT molecular complexity index is 940. The van der Waals surface area contributed by atoms with Gasteiger partial charge < -0.3 is 10.3 Å². The number of nitrogens with one attached hydrogen (secondary N) is 1. The van der Waals surface area contributed by atoms with Crippen LogP contribution in [0, 0.1) is 0 Å². The standard InChI is InChI=1S/C20H22ClN3OS/c21-14-9-7-13(8-10-14)17-11-16-19(26-17)20(25)24-18(23-16)12-22-15-5-3-1-2-4-6-15/h7-11,15,22H,1-6,12H2,(H,23,24,25)/p+1. The second kappa shape index (κ2) is 7.91. The van der Waals surface area contributed by atoms with Crippen LogP contribution in [0.3, 0.4) is 0 Å². The number of nitrogens with zero attached hydrogens (tertiary/aromatic N) is 1. The van der Waals surface area contributed by atoms with E-state index < -0.39 is 0 Å². The number of aromatic amines is 1. The normalized spacial score (nSPS) is 16.0. The molecule has 1 aliphatic carbocycles. The number of quaternary nitrogens is 1. The van der Waals surface area contributed by atoms with Crippen molar-refractivity contribution in [3.63, 3.8) is 0 Å². The maximum atomic E-state index is 12.5. The Hall–Kier alpha value is -1.69. The average Bonchev–Trinajstić information content (AvgIpc) is 2.90. The van der Waals surface area contributed by atoms with E-state index in [0.29, 0.717) is 15.8 Å². The minimum Gasteiger partial charge on any atom is -0.338 e. The van der Waals surface area contributed by atoms with E-state index in [1.807, 2.05) is 30.3 Å². The van der Waals surface area contributed by atoms with Crippen molar-refractivity contribution in [3.8, 4) is 10.4 Å². The van der Waals surface area contributed by atoms with Crippen molar-refractivity contribution in [2.45, 2.75) is 51.1 Å². The molecule has 1 fully saturated rings. The smallest absolute Gasteiger partial charge is 0.269 e. The van der Waals surface area contributed by atoms with Crippen molar-refractivity contribution in [3.05, 3.63) is 51.5 Å². The molecule has 2 heterocycles. The Morgan fingerprint density at radius 2 is 1.88 bits per heavy atom. The SMILES string of the molecule is O=c1[nH]c(C[NH2+]C2CCCCCC2)nc2cc(-c3ccc(Cl)cc3)sc12. The molecule has 3 aromatic rings. The molecule has 0 unspecified atom stereocenters. The van der Waals surface area contributed by atoms with Gasteiger partial charge in [0.15, 0.2) is 5.82 Å². The molecule has 136 valence electrons. The number of benzene rings is 1. The predicted octanol–water partition coefficient (Wildman–Crippen LogP) is 4.09. The summed E-state index contributed by atoms with van der Waals surface area (Å²) in [7, 11) is 0. The van der Waals surface area contributed by atoms with Crippen LogP contribution in [0.15, 0.2) is 35.1 Å². The van der Waals surface area contributed by atoms with E-state index in [-0.39, 0.29) is 5.56 Å². The molecule has 4 rings (SSSR count). The summed E-state index contributed by atoms with van der Waals surface area (Å²) in [5, 5.41) is 3.06. The Balaban J connectivity index is 1.55. The van der Waals surface area contributed by atoms with Crippen molar-refractivity contribution in [1.82, 2.24) is 9.97 Å². The molecule has 1 saturated carbocycles. The first-order valence-corrected chi connectivity index (χ1v) is 10.5. The van der Waals surface area contributed by atoms with Gasteiger partial charge in [-0.15, -0.1) is 11.3 Å². The van der Waals surface area contributed by atoms with Gasteiger partial charge in [0.25, 0.3) is 5.56 Å². The van der Waals surface area contributed by atoms with E-state index in [2.05, 4.69) is 10.3 Å². The minimum atomic E-state index is -0.0375. The summed E-state index contributed by atoms with van der Waals surface area (Å²) < 4.78 is 0.688. The van der Waals surface area contributed by atoms with Gasteiger partial charge in [0.2, 0.25) is 0 Å². The molecule has 2 aromatic heterocycles. The molecule has 0 aliphatic heterocycles. The fourth-order valence-electron chi connectivity index (χ4n) is 3.67. The Morgan fingerprint density at radius 1 is 1.15 bits per heavy atom. The molecule has 0 saturated heterocycles. The van der Waals surface area contributed by atoms with Gasteiger partial charge >= 0.3 is 0 Å². The number of halogens is 1. The van der Waals surface area contributed by atoms with E-state index >= 15 is 0 Å². The molecule has 1 aromatic carbocycles. The van der Waals surface area contributed by atoms with E-state index in [1.54, 1.807) is 0 Å². The highest BCUT2D eigenvalue weighted by atomic mass is 35.5. The van der Waals surface area contributed by atoms with Gasteiger partial charge in [-0.25, -0.2) is 4.98 Å². The summed E-state index contributed by atoms with van der Waals surface area (Å²) >= 11 is 7.45. The first-order chi connectivity index (χ1) is 12.7. The average molecular weight is 389 g/mol. The Kier molecular flexibility index (Phi) is 5.38. The third kappa shape index (κ3) is 4.00. The largest absolute Gasteiger partial charge is 0.338 e. The minimum absolute atomic E-state index is 0.0375. The number of nitrogens with two attached hydrogens (primary N) is 1. The van der Waals surface area contributed by atoms with E-state index in [4.69, 9.17) is 16.6 Å². The third-order valence-corrected chi connectivity index (χ3v) is 6.53. The monoisotopic (exact) mass is 388 g/mol. The number of thiophene rings is 1. The molecule has 3 N–H and O–H groups in total. The van der Waals surface area contributed by atoms with Crippen molar-refractivity contribution in [2.24, 2.45) is 0 Å². The topological polar surface area (TPSA) is 62.4 Å². The number of fused-ring (bicyclic) bond motifs is 1. The van der Waals surface area contributed by atoms with Crippen LogP contribution in [0.4, 0.5) is 0 Å². The lowest BCUT2D eigenvalue weighted by Gasteiger charge is -2.12. The van der Waals surface area contributed by atoms with Gasteiger partial charge in [-0.2, -0.15) is 0 Å². The molecule has 1 aliphatic rings. The number of H-pyrrole nitrogens is 1. The Labute approximate surface area is 161 Å². The molecule has 0 bridgehead atoms. The summed E-state index contributed by atoms with van der Waals surface area (Å²) in [6, 6.07) is 10.3. The van der Waals surface area contributed by atoms with E-state index in [9.17, 15) is 4.79 Å². The van der Waals surface area contributed by atoms with Gasteiger partial charge in [0.05, 0.1) is 11.6 Å². The van der Waals surface area contributed by atoms with Crippen LogP contribution < -0.4 is 10.9 Å². The molecular formula is C20H23ClN3OS+. The highest BCUT2D eigenvalue weighted by molar-refractivity contribution is 7.22. The number of aromatic nitrogens is 2. The van der Waals surface area contributed by atoms with Gasteiger partial charge in [-0.3, -0.25) is 4.79 Å². The highest BCUT2D eigenvalue weighted by Crippen LogP contribution is 2.31. The summed E-state index contributed by atoms with van der Waals surface area (Å²) in [5.74, 6) is 0.771. The lowest BCUT2D eigenvalue weighted by molar-refractivity contribution is -0.706. The summed E-state index contributed by atoms with van der Waals surface area (Å²) in [4.78, 5) is 21.2. The van der Waals surface area contributed by atoms with Gasteiger partial charge in [0.1, 0.15) is 11.2 Å². The van der Waals surface area contributed by atoms with Gasteiger partial charge in [-0.1, -0.05) is 36.6 Å². The summed E-state index contributed by atoms with van der Waals surface area (Å²) in [6.45, 7) is 0.738. The van der Waals surface area contributed by atoms with Crippen LogP contribution in [0.25, 0.3) is 20.7 Å². The lowest BCUT2D eigenvalue weighted by Crippen LogP contribution is -2.88. The summed E-state index contributed by atoms with van der Waals surface area (Å²) in [5.41, 5.74) is 1.81.